The van der Waals surface area contributed by atoms with Crippen molar-refractivity contribution in [3.63, 3.8) is 0 Å². The molecule has 2 N–H and O–H groups in total. The molecule has 1 atom stereocenters. The number of carboxylic acids is 1. The van der Waals surface area contributed by atoms with E-state index in [1.807, 2.05) is 0 Å². The number of hydrogen-bond donors (Lipinski definition) is 2. The summed E-state index contributed by atoms with van der Waals surface area (Å²) < 4.78 is 31.9. The second-order valence-electron chi connectivity index (χ2n) is 3.67. The highest BCUT2D eigenvalue weighted by Gasteiger charge is 2.17. The highest BCUT2D eigenvalue weighted by molar-refractivity contribution is 7.89. The van der Waals surface area contributed by atoms with Crippen molar-refractivity contribution in [1.29, 1.82) is 0 Å². The van der Waals surface area contributed by atoms with Crippen molar-refractivity contribution in [3.8, 4) is 0 Å². The van der Waals surface area contributed by atoms with Crippen LogP contribution in [0.1, 0.15) is 6.92 Å². The van der Waals surface area contributed by atoms with Gasteiger partial charge in [-0.05, 0) is 6.92 Å². The zero-order chi connectivity index (χ0) is 13.8. The fourth-order valence-corrected chi connectivity index (χ4v) is 2.17. The SMILES string of the molecule is COC(C)CNS(=O)(=O)c1cnn(CC(=O)O)c1. The maximum atomic E-state index is 11.8. The average Bonchev–Trinajstić information content (AvgIpc) is 2.74. The molecule has 0 aliphatic rings. The maximum absolute atomic E-state index is 11.8. The summed E-state index contributed by atoms with van der Waals surface area (Å²) in [5, 5.41) is 12.2. The summed E-state index contributed by atoms with van der Waals surface area (Å²) in [5.41, 5.74) is 0. The Morgan fingerprint density at radius 1 is 1.67 bits per heavy atom. The van der Waals surface area contributed by atoms with Crippen molar-refractivity contribution in [2.75, 3.05) is 13.7 Å². The summed E-state index contributed by atoms with van der Waals surface area (Å²) in [4.78, 5) is 10.4. The minimum atomic E-state index is -3.69. The number of methoxy groups -OCH3 is 1. The standard InChI is InChI=1S/C9H15N3O5S/c1-7(17-2)3-11-18(15,16)8-4-10-12(5-8)6-9(13)14/h4-5,7,11H,3,6H2,1-2H3,(H,13,14). The number of nitrogens with zero attached hydrogens (tertiary/aromatic N) is 2. The van der Waals surface area contributed by atoms with Crippen LogP contribution < -0.4 is 4.72 Å². The van der Waals surface area contributed by atoms with Crippen LogP contribution in [-0.2, 0) is 26.1 Å². The van der Waals surface area contributed by atoms with Gasteiger partial charge in [-0.2, -0.15) is 5.10 Å². The molecular weight excluding hydrogens is 262 g/mol. The lowest BCUT2D eigenvalue weighted by molar-refractivity contribution is -0.137. The Morgan fingerprint density at radius 3 is 2.89 bits per heavy atom. The zero-order valence-corrected chi connectivity index (χ0v) is 10.8. The Bertz CT molecular complexity index is 510. The van der Waals surface area contributed by atoms with Crippen LogP contribution in [0.5, 0.6) is 0 Å². The van der Waals surface area contributed by atoms with Gasteiger partial charge in [0.15, 0.2) is 0 Å². The first-order chi connectivity index (χ1) is 8.35. The summed E-state index contributed by atoms with van der Waals surface area (Å²) in [6, 6.07) is 0. The first-order valence-electron chi connectivity index (χ1n) is 5.12. The molecule has 0 amide bonds. The quantitative estimate of drug-likeness (QED) is 0.680. The highest BCUT2D eigenvalue weighted by atomic mass is 32.2. The monoisotopic (exact) mass is 277 g/mol. The molecule has 1 aromatic heterocycles. The van der Waals surface area contributed by atoms with E-state index in [1.165, 1.54) is 7.11 Å². The summed E-state index contributed by atoms with van der Waals surface area (Å²) in [7, 11) is -2.21. The van der Waals surface area contributed by atoms with E-state index >= 15 is 0 Å². The van der Waals surface area contributed by atoms with Crippen molar-refractivity contribution in [2.24, 2.45) is 0 Å². The minimum Gasteiger partial charge on any atom is -0.480 e. The van der Waals surface area contributed by atoms with Gasteiger partial charge in [-0.1, -0.05) is 0 Å². The summed E-state index contributed by atoms with van der Waals surface area (Å²) in [6.07, 6.45) is 2.00. The molecule has 0 saturated heterocycles. The Hall–Kier alpha value is -1.45. The number of carboxylic acid groups (broad SMARTS) is 1. The third kappa shape index (κ3) is 4.09. The van der Waals surface area contributed by atoms with E-state index < -0.39 is 16.0 Å². The number of hydrogen-bond acceptors (Lipinski definition) is 5. The molecule has 8 nitrogen and oxygen atoms in total. The Labute approximate surface area is 105 Å². The number of aromatic nitrogens is 2. The number of sulfonamides is 1. The van der Waals surface area contributed by atoms with Crippen molar-refractivity contribution < 1.29 is 23.1 Å². The van der Waals surface area contributed by atoms with Gasteiger partial charge in [0.2, 0.25) is 10.0 Å². The van der Waals surface area contributed by atoms with Gasteiger partial charge in [-0.15, -0.1) is 0 Å². The van der Waals surface area contributed by atoms with Gasteiger partial charge in [0.1, 0.15) is 11.4 Å². The molecular formula is C9H15N3O5S. The molecule has 0 saturated carbocycles. The predicted octanol–water partition coefficient (Wildman–Crippen LogP) is -0.719. The van der Waals surface area contributed by atoms with Crippen LogP contribution in [0.25, 0.3) is 0 Å². The third-order valence-electron chi connectivity index (χ3n) is 2.18. The van der Waals surface area contributed by atoms with Gasteiger partial charge < -0.3 is 9.84 Å². The fraction of sp³-hybridized carbons (Fsp3) is 0.556. The summed E-state index contributed by atoms with van der Waals surface area (Å²) >= 11 is 0. The number of carbonyl (C=O) groups is 1. The van der Waals surface area contributed by atoms with Crippen LogP contribution in [0.4, 0.5) is 0 Å². The van der Waals surface area contributed by atoms with Gasteiger partial charge in [-0.3, -0.25) is 9.48 Å². The van der Waals surface area contributed by atoms with Gasteiger partial charge >= 0.3 is 5.97 Å². The molecule has 0 radical (unpaired) electrons. The van der Waals surface area contributed by atoms with Crippen LogP contribution in [0.15, 0.2) is 17.3 Å². The number of nitrogens with one attached hydrogen (secondary N) is 1. The average molecular weight is 277 g/mol. The highest BCUT2D eigenvalue weighted by Crippen LogP contribution is 2.06. The first kappa shape index (κ1) is 14.6. The van der Waals surface area contributed by atoms with Gasteiger partial charge in [0, 0.05) is 19.9 Å². The molecule has 0 aliphatic heterocycles. The largest absolute Gasteiger partial charge is 0.480 e. The number of rotatable bonds is 7. The van der Waals surface area contributed by atoms with Crippen molar-refractivity contribution in [1.82, 2.24) is 14.5 Å². The van der Waals surface area contributed by atoms with Gasteiger partial charge in [0.25, 0.3) is 0 Å². The minimum absolute atomic E-state index is 0.0768. The van der Waals surface area contributed by atoms with Crippen LogP contribution in [0.2, 0.25) is 0 Å². The van der Waals surface area contributed by atoms with E-state index in [0.29, 0.717) is 0 Å². The smallest absolute Gasteiger partial charge is 0.325 e. The molecule has 102 valence electrons. The Balaban J connectivity index is 2.73. The van der Waals surface area contributed by atoms with Crippen LogP contribution in [0.3, 0.4) is 0 Å². The Kier molecular flexibility index (Phi) is 4.82. The Morgan fingerprint density at radius 2 is 2.33 bits per heavy atom. The van der Waals surface area contributed by atoms with Crippen LogP contribution in [-0.4, -0.2) is 49.0 Å². The number of ether oxygens (including phenoxy) is 1. The van der Waals surface area contributed by atoms with Gasteiger partial charge in [0.05, 0.1) is 12.3 Å². The molecule has 1 unspecified atom stereocenters. The predicted molar refractivity (Wildman–Crippen MR) is 61.5 cm³/mol. The molecule has 0 aliphatic carbocycles. The van der Waals surface area contributed by atoms with E-state index in [0.717, 1.165) is 17.1 Å². The topological polar surface area (TPSA) is 111 Å². The molecule has 18 heavy (non-hydrogen) atoms. The molecule has 0 bridgehead atoms. The van der Waals surface area contributed by atoms with Crippen molar-refractivity contribution in [3.05, 3.63) is 12.4 Å². The summed E-state index contributed by atoms with van der Waals surface area (Å²) in [5.74, 6) is -1.09. The van der Waals surface area contributed by atoms with Crippen molar-refractivity contribution in [2.45, 2.75) is 24.5 Å². The fourth-order valence-electron chi connectivity index (χ4n) is 1.10. The second kappa shape index (κ2) is 5.94. The van der Waals surface area contributed by atoms with Gasteiger partial charge in [-0.25, -0.2) is 13.1 Å². The van der Waals surface area contributed by atoms with Crippen LogP contribution >= 0.6 is 0 Å². The third-order valence-corrected chi connectivity index (χ3v) is 3.56. The van der Waals surface area contributed by atoms with E-state index in [4.69, 9.17) is 9.84 Å². The first-order valence-corrected chi connectivity index (χ1v) is 6.60. The number of aliphatic carboxylic acids is 1. The van der Waals surface area contributed by atoms with E-state index in [2.05, 4.69) is 9.82 Å². The molecule has 1 rings (SSSR count). The molecule has 0 fully saturated rings. The maximum Gasteiger partial charge on any atom is 0.325 e. The van der Waals surface area contributed by atoms with E-state index in [1.54, 1.807) is 6.92 Å². The molecule has 1 aromatic rings. The second-order valence-corrected chi connectivity index (χ2v) is 5.43. The normalized spacial score (nSPS) is 13.4. The van der Waals surface area contributed by atoms with Crippen LogP contribution in [0, 0.1) is 0 Å². The van der Waals surface area contributed by atoms with E-state index in [-0.39, 0.29) is 24.1 Å². The summed E-state index contributed by atoms with van der Waals surface area (Å²) in [6.45, 7) is 1.46. The molecule has 0 spiro atoms. The molecule has 9 heteroatoms. The zero-order valence-electron chi connectivity index (χ0n) is 10.0. The molecule has 1 heterocycles. The lowest BCUT2D eigenvalue weighted by Crippen LogP contribution is -2.31. The van der Waals surface area contributed by atoms with Crippen molar-refractivity contribution >= 4 is 16.0 Å². The lowest BCUT2D eigenvalue weighted by Gasteiger charge is -2.09. The van der Waals surface area contributed by atoms with E-state index in [9.17, 15) is 13.2 Å². The molecule has 0 aromatic carbocycles. The lowest BCUT2D eigenvalue weighted by atomic mass is 10.4.